The van der Waals surface area contributed by atoms with E-state index in [1.54, 1.807) is 28.8 Å². The first-order chi connectivity index (χ1) is 11.7. The fourth-order valence-corrected chi connectivity index (χ4v) is 2.72. The van der Waals surface area contributed by atoms with Crippen LogP contribution in [0.2, 0.25) is 0 Å². The van der Waals surface area contributed by atoms with Crippen molar-refractivity contribution in [2.45, 2.75) is 39.3 Å². The molecule has 2 aromatic rings. The monoisotopic (exact) mass is 346 g/mol. The lowest BCUT2D eigenvalue weighted by Crippen LogP contribution is -2.40. The van der Waals surface area contributed by atoms with Gasteiger partial charge in [-0.25, -0.2) is 4.79 Å². The Kier molecular flexibility index (Phi) is 4.28. The second kappa shape index (κ2) is 6.27. The minimum atomic E-state index is -0.553. The molecular formula is C17H22N4O4. The number of carbonyl (C=O) groups is 2. The summed E-state index contributed by atoms with van der Waals surface area (Å²) in [4.78, 5) is 26.2. The lowest BCUT2D eigenvalue weighted by atomic mass is 10.1. The van der Waals surface area contributed by atoms with Gasteiger partial charge in [0.1, 0.15) is 11.4 Å². The Hall–Kier alpha value is -2.77. The van der Waals surface area contributed by atoms with Crippen molar-refractivity contribution in [1.82, 2.24) is 14.7 Å². The summed E-state index contributed by atoms with van der Waals surface area (Å²) >= 11 is 0. The zero-order valence-electron chi connectivity index (χ0n) is 14.8. The van der Waals surface area contributed by atoms with Crippen molar-refractivity contribution in [1.29, 1.82) is 0 Å². The Balaban J connectivity index is 1.79. The number of rotatable bonds is 2. The first-order valence-corrected chi connectivity index (χ1v) is 8.12. The predicted octanol–water partition coefficient (Wildman–Crippen LogP) is 2.56. The maximum Gasteiger partial charge on any atom is 0.410 e. The summed E-state index contributed by atoms with van der Waals surface area (Å²) in [7, 11) is 1.76. The maximum atomic E-state index is 12.3. The molecule has 0 bridgehead atoms. The van der Waals surface area contributed by atoms with E-state index in [9.17, 15) is 9.59 Å². The van der Waals surface area contributed by atoms with Gasteiger partial charge in [-0.1, -0.05) is 0 Å². The first-order valence-electron chi connectivity index (χ1n) is 8.12. The molecule has 134 valence electrons. The van der Waals surface area contributed by atoms with Crippen LogP contribution in [0.3, 0.4) is 0 Å². The minimum Gasteiger partial charge on any atom is -0.459 e. The van der Waals surface area contributed by atoms with E-state index in [2.05, 4.69) is 10.4 Å². The number of hydrogen-bond donors (Lipinski definition) is 1. The predicted molar refractivity (Wildman–Crippen MR) is 90.2 cm³/mol. The van der Waals surface area contributed by atoms with E-state index < -0.39 is 5.60 Å². The molecule has 2 amide bonds. The lowest BCUT2D eigenvalue weighted by molar-refractivity contribution is 0.0224. The molecular weight excluding hydrogens is 324 g/mol. The van der Waals surface area contributed by atoms with Crippen LogP contribution < -0.4 is 5.32 Å². The molecule has 3 rings (SSSR count). The molecule has 8 nitrogen and oxygen atoms in total. The highest BCUT2D eigenvalue weighted by atomic mass is 16.6. The number of anilines is 1. The van der Waals surface area contributed by atoms with Crippen LogP contribution in [0.15, 0.2) is 22.8 Å². The molecule has 25 heavy (non-hydrogen) atoms. The van der Waals surface area contributed by atoms with Crippen molar-refractivity contribution in [3.8, 4) is 0 Å². The molecule has 0 spiro atoms. The number of nitrogens with zero attached hydrogens (tertiary/aromatic N) is 3. The Morgan fingerprint density at radius 3 is 2.76 bits per heavy atom. The molecule has 0 unspecified atom stereocenters. The number of ether oxygens (including phenoxy) is 1. The van der Waals surface area contributed by atoms with Gasteiger partial charge in [0.2, 0.25) is 0 Å². The number of nitrogens with one attached hydrogen (secondary N) is 1. The van der Waals surface area contributed by atoms with Crippen LogP contribution in [-0.2, 0) is 24.8 Å². The van der Waals surface area contributed by atoms with Gasteiger partial charge in [0, 0.05) is 25.6 Å². The third kappa shape index (κ3) is 3.67. The maximum absolute atomic E-state index is 12.3. The average molecular weight is 346 g/mol. The van der Waals surface area contributed by atoms with Crippen LogP contribution in [0.4, 0.5) is 10.6 Å². The molecule has 0 fully saturated rings. The van der Waals surface area contributed by atoms with Gasteiger partial charge in [-0.05, 0) is 32.9 Å². The summed E-state index contributed by atoms with van der Waals surface area (Å²) in [6, 6.07) is 3.24. The third-order valence-corrected chi connectivity index (χ3v) is 3.82. The number of hydrogen-bond acceptors (Lipinski definition) is 5. The van der Waals surface area contributed by atoms with Crippen LogP contribution in [0, 0.1) is 0 Å². The van der Waals surface area contributed by atoms with Crippen LogP contribution in [-0.4, -0.2) is 38.8 Å². The summed E-state index contributed by atoms with van der Waals surface area (Å²) < 4.78 is 12.2. The SMILES string of the molecule is Cn1nc2c(c1NC(=O)c1ccco1)CN(C(=O)OC(C)(C)C)CC2. The second-order valence-electron chi connectivity index (χ2n) is 6.98. The van der Waals surface area contributed by atoms with Crippen molar-refractivity contribution >= 4 is 17.8 Å². The van der Waals surface area contributed by atoms with Gasteiger partial charge in [-0.3, -0.25) is 9.48 Å². The van der Waals surface area contributed by atoms with Crippen molar-refractivity contribution in [3.05, 3.63) is 35.4 Å². The molecule has 2 aromatic heterocycles. The van der Waals surface area contributed by atoms with Gasteiger partial charge in [0.15, 0.2) is 5.76 Å². The van der Waals surface area contributed by atoms with Gasteiger partial charge in [0.05, 0.1) is 18.5 Å². The lowest BCUT2D eigenvalue weighted by Gasteiger charge is -2.29. The molecule has 0 radical (unpaired) electrons. The fraction of sp³-hybridized carbons (Fsp3) is 0.471. The zero-order valence-corrected chi connectivity index (χ0v) is 14.8. The molecule has 0 aromatic carbocycles. The van der Waals surface area contributed by atoms with E-state index in [0.717, 1.165) is 11.3 Å². The van der Waals surface area contributed by atoms with Gasteiger partial charge in [-0.15, -0.1) is 0 Å². The molecule has 0 saturated carbocycles. The molecule has 8 heteroatoms. The van der Waals surface area contributed by atoms with Gasteiger partial charge >= 0.3 is 6.09 Å². The molecule has 0 aliphatic carbocycles. The molecule has 1 aliphatic rings. The van der Waals surface area contributed by atoms with Crippen LogP contribution in [0.5, 0.6) is 0 Å². The summed E-state index contributed by atoms with van der Waals surface area (Å²) in [6.07, 6.45) is 1.68. The van der Waals surface area contributed by atoms with Crippen molar-refractivity contribution in [2.24, 2.45) is 7.05 Å². The van der Waals surface area contributed by atoms with E-state index in [4.69, 9.17) is 9.15 Å². The van der Waals surface area contributed by atoms with Gasteiger partial charge < -0.3 is 19.4 Å². The van der Waals surface area contributed by atoms with E-state index in [1.165, 1.54) is 6.26 Å². The number of fused-ring (bicyclic) bond motifs is 1. The third-order valence-electron chi connectivity index (χ3n) is 3.82. The summed E-state index contributed by atoms with van der Waals surface area (Å²) in [5.41, 5.74) is 1.14. The molecule has 0 saturated heterocycles. The van der Waals surface area contributed by atoms with E-state index in [-0.39, 0.29) is 17.8 Å². The van der Waals surface area contributed by atoms with Crippen LogP contribution in [0.25, 0.3) is 0 Å². The van der Waals surface area contributed by atoms with Crippen molar-refractivity contribution < 1.29 is 18.7 Å². The number of carbonyl (C=O) groups excluding carboxylic acids is 2. The van der Waals surface area contributed by atoms with E-state index in [1.807, 2.05) is 20.8 Å². The first kappa shape index (κ1) is 17.1. The molecule has 3 heterocycles. The van der Waals surface area contributed by atoms with Crippen LogP contribution in [0.1, 0.15) is 42.6 Å². The molecule has 0 atom stereocenters. The number of aryl methyl sites for hydroxylation is 1. The smallest absolute Gasteiger partial charge is 0.410 e. The van der Waals surface area contributed by atoms with Crippen molar-refractivity contribution in [3.63, 3.8) is 0 Å². The summed E-state index contributed by atoms with van der Waals surface area (Å²) in [5.74, 6) is 0.421. The normalized spacial score (nSPS) is 14.2. The molecule has 1 aliphatic heterocycles. The van der Waals surface area contributed by atoms with Crippen molar-refractivity contribution in [2.75, 3.05) is 11.9 Å². The molecule has 1 N–H and O–H groups in total. The van der Waals surface area contributed by atoms with Crippen LogP contribution >= 0.6 is 0 Å². The highest BCUT2D eigenvalue weighted by Crippen LogP contribution is 2.27. The zero-order chi connectivity index (χ0) is 18.2. The number of aromatic nitrogens is 2. The number of amides is 2. The topological polar surface area (TPSA) is 89.6 Å². The summed E-state index contributed by atoms with van der Waals surface area (Å²) in [5, 5.41) is 7.26. The van der Waals surface area contributed by atoms with Gasteiger partial charge in [-0.2, -0.15) is 5.10 Å². The van der Waals surface area contributed by atoms with E-state index in [0.29, 0.717) is 25.3 Å². The Labute approximate surface area is 145 Å². The Bertz CT molecular complexity index is 786. The fourth-order valence-electron chi connectivity index (χ4n) is 2.72. The Morgan fingerprint density at radius 2 is 2.12 bits per heavy atom. The summed E-state index contributed by atoms with van der Waals surface area (Å²) in [6.45, 7) is 6.37. The largest absolute Gasteiger partial charge is 0.459 e. The minimum absolute atomic E-state index is 0.217. The standard InChI is InChI=1S/C17H22N4O4/c1-17(2,3)25-16(23)21-8-7-12-11(10-21)14(20(4)19-12)18-15(22)13-6-5-9-24-13/h5-6,9H,7-8,10H2,1-4H3,(H,18,22). The van der Waals surface area contributed by atoms with E-state index >= 15 is 0 Å². The average Bonchev–Trinajstić information content (AvgIpc) is 3.14. The quantitative estimate of drug-likeness (QED) is 0.902. The number of furan rings is 1. The van der Waals surface area contributed by atoms with Gasteiger partial charge in [0.25, 0.3) is 5.91 Å². The highest BCUT2D eigenvalue weighted by Gasteiger charge is 2.30. The second-order valence-corrected chi connectivity index (χ2v) is 6.98. The highest BCUT2D eigenvalue weighted by molar-refractivity contribution is 6.02. The Morgan fingerprint density at radius 1 is 1.36 bits per heavy atom.